The molecule has 0 aromatic heterocycles. The lowest BCUT2D eigenvalue weighted by Gasteiger charge is -2.37. The lowest BCUT2D eigenvalue weighted by molar-refractivity contribution is -0.0546. The molecule has 150 valence electrons. The number of rotatable bonds is 5. The van der Waals surface area contributed by atoms with Gasteiger partial charge in [-0.3, -0.25) is 0 Å². The maximum Gasteiger partial charge on any atom is 0.387 e. The van der Waals surface area contributed by atoms with Crippen molar-refractivity contribution in [3.8, 4) is 5.75 Å². The van der Waals surface area contributed by atoms with E-state index in [1.54, 1.807) is 5.54 Å². The van der Waals surface area contributed by atoms with Gasteiger partial charge in [-0.05, 0) is 92.7 Å². The predicted octanol–water partition coefficient (Wildman–Crippen LogP) is 7.40. The normalized spacial score (nSPS) is 29.4. The van der Waals surface area contributed by atoms with Crippen molar-refractivity contribution in [2.24, 2.45) is 17.8 Å². The van der Waals surface area contributed by atoms with E-state index in [4.69, 9.17) is 11.6 Å². The van der Waals surface area contributed by atoms with Crippen LogP contribution in [0.15, 0.2) is 23.7 Å². The van der Waals surface area contributed by atoms with Gasteiger partial charge in [-0.2, -0.15) is 8.78 Å². The third-order valence-corrected chi connectivity index (χ3v) is 6.44. The minimum atomic E-state index is -3.25. The average molecular weight is 405 g/mol. The smallest absolute Gasteiger partial charge is 0.387 e. The zero-order chi connectivity index (χ0) is 19.4. The van der Waals surface area contributed by atoms with E-state index in [2.05, 4.69) is 10.8 Å². The van der Waals surface area contributed by atoms with E-state index < -0.39 is 24.0 Å². The summed E-state index contributed by atoms with van der Waals surface area (Å²) in [5, 5.41) is 0. The van der Waals surface area contributed by atoms with Crippen molar-refractivity contribution >= 4 is 11.6 Å². The fraction of sp³-hybridized carbons (Fsp3) is 0.619. The molecule has 2 aliphatic rings. The molecule has 0 aliphatic heterocycles. The molecule has 0 N–H and O–H groups in total. The first-order chi connectivity index (χ1) is 13.0. The van der Waals surface area contributed by atoms with Gasteiger partial charge in [0.05, 0.1) is 0 Å². The molecule has 0 saturated heterocycles. The molecule has 0 radical (unpaired) electrons. The molecule has 3 rings (SSSR count). The minimum absolute atomic E-state index is 0.0707. The molecular weight excluding hydrogens is 380 g/mol. The van der Waals surface area contributed by atoms with Crippen LogP contribution in [-0.2, 0) is 0 Å². The van der Waals surface area contributed by atoms with Gasteiger partial charge in [-0.15, -0.1) is 0 Å². The Bertz CT molecular complexity index is 625. The van der Waals surface area contributed by atoms with E-state index in [1.807, 2.05) is 0 Å². The number of halogens is 5. The fourth-order valence-electron chi connectivity index (χ4n) is 4.85. The van der Waals surface area contributed by atoms with Gasteiger partial charge in [0.15, 0.2) is 17.4 Å². The molecule has 27 heavy (non-hydrogen) atoms. The van der Waals surface area contributed by atoms with Crippen molar-refractivity contribution in [2.75, 3.05) is 0 Å². The van der Waals surface area contributed by atoms with Crippen LogP contribution < -0.4 is 4.74 Å². The number of ether oxygens (including phenoxy) is 1. The maximum absolute atomic E-state index is 14.0. The maximum atomic E-state index is 14.0. The molecule has 1 aromatic carbocycles. The Morgan fingerprint density at radius 2 is 1.41 bits per heavy atom. The topological polar surface area (TPSA) is 9.23 Å². The molecule has 1 nitrogen and oxygen atoms in total. The third-order valence-electron chi connectivity index (χ3n) is 6.30. The SMILES string of the molecule is Fc1cc(C2CCC(C3CCC(C=CCl)CC3)CC2)cc(F)c1OC(F)F. The largest absolute Gasteiger partial charge is 0.429 e. The van der Waals surface area contributed by atoms with Gasteiger partial charge in [0.1, 0.15) is 0 Å². The fourth-order valence-corrected chi connectivity index (χ4v) is 5.06. The van der Waals surface area contributed by atoms with E-state index in [-0.39, 0.29) is 5.92 Å². The number of allylic oxidation sites excluding steroid dienone is 1. The van der Waals surface area contributed by atoms with Crippen molar-refractivity contribution in [2.45, 2.75) is 63.9 Å². The second-order valence-corrected chi connectivity index (χ2v) is 8.05. The number of alkyl halides is 2. The molecule has 0 bridgehead atoms. The van der Waals surface area contributed by atoms with Gasteiger partial charge >= 0.3 is 6.61 Å². The third kappa shape index (κ3) is 5.18. The summed E-state index contributed by atoms with van der Waals surface area (Å²) in [6.07, 6.45) is 10.7. The van der Waals surface area contributed by atoms with Gasteiger partial charge in [-0.25, -0.2) is 8.78 Å². The zero-order valence-electron chi connectivity index (χ0n) is 15.2. The molecule has 0 spiro atoms. The highest BCUT2D eigenvalue weighted by molar-refractivity contribution is 6.25. The Hall–Kier alpha value is -1.23. The first-order valence-electron chi connectivity index (χ1n) is 9.68. The molecule has 1 aromatic rings. The lowest BCUT2D eigenvalue weighted by atomic mass is 9.68. The second kappa shape index (κ2) is 9.31. The molecule has 0 unspecified atom stereocenters. The van der Waals surface area contributed by atoms with Crippen LogP contribution in [0.5, 0.6) is 5.75 Å². The second-order valence-electron chi connectivity index (χ2n) is 7.80. The summed E-state index contributed by atoms with van der Waals surface area (Å²) in [6.45, 7) is -3.25. The van der Waals surface area contributed by atoms with Crippen LogP contribution in [0.25, 0.3) is 0 Å². The summed E-state index contributed by atoms with van der Waals surface area (Å²) in [5.41, 5.74) is 2.16. The van der Waals surface area contributed by atoms with Crippen LogP contribution in [0.1, 0.15) is 62.8 Å². The van der Waals surface area contributed by atoms with Crippen LogP contribution in [0.3, 0.4) is 0 Å². The summed E-state index contributed by atoms with van der Waals surface area (Å²) in [4.78, 5) is 0. The van der Waals surface area contributed by atoms with Crippen molar-refractivity contribution in [1.82, 2.24) is 0 Å². The Balaban J connectivity index is 1.56. The lowest BCUT2D eigenvalue weighted by Crippen LogP contribution is -2.25. The Morgan fingerprint density at radius 3 is 1.89 bits per heavy atom. The molecular formula is C21H25ClF4O. The summed E-state index contributed by atoms with van der Waals surface area (Å²) in [7, 11) is 0. The van der Waals surface area contributed by atoms with Gasteiger partial charge in [0.2, 0.25) is 0 Å². The molecule has 6 heteroatoms. The average Bonchev–Trinajstić information content (AvgIpc) is 2.65. The highest BCUT2D eigenvalue weighted by Crippen LogP contribution is 2.44. The van der Waals surface area contributed by atoms with Gasteiger partial charge in [-0.1, -0.05) is 17.7 Å². The summed E-state index contributed by atoms with van der Waals surface area (Å²) in [6, 6.07) is 2.30. The highest BCUT2D eigenvalue weighted by atomic mass is 35.5. The standard InChI is InChI=1S/C21H25ClF4O/c22-10-9-13-1-3-14(4-2-13)15-5-7-16(8-6-15)17-11-18(23)20(19(24)12-17)27-21(25)26/h9-16,21H,1-8H2. The zero-order valence-corrected chi connectivity index (χ0v) is 15.9. The molecule has 0 heterocycles. The summed E-state index contributed by atoms with van der Waals surface area (Å²) in [5.74, 6) is -1.06. The van der Waals surface area contributed by atoms with Crippen LogP contribution in [0.4, 0.5) is 17.6 Å². The minimum Gasteiger partial charge on any atom is -0.429 e. The first-order valence-corrected chi connectivity index (χ1v) is 10.1. The first kappa shape index (κ1) is 20.5. The molecule has 2 aliphatic carbocycles. The predicted molar refractivity (Wildman–Crippen MR) is 98.1 cm³/mol. The van der Waals surface area contributed by atoms with Gasteiger partial charge in [0, 0.05) is 5.54 Å². The van der Waals surface area contributed by atoms with E-state index in [0.717, 1.165) is 43.7 Å². The summed E-state index contributed by atoms with van der Waals surface area (Å²) < 4.78 is 56.4. The number of hydrogen-bond donors (Lipinski definition) is 0. The van der Waals surface area contributed by atoms with Crippen LogP contribution in [0, 0.1) is 29.4 Å². The Kier molecular flexibility index (Phi) is 7.07. The monoisotopic (exact) mass is 404 g/mol. The van der Waals surface area contributed by atoms with E-state index in [0.29, 0.717) is 17.4 Å². The molecule has 0 atom stereocenters. The van der Waals surface area contributed by atoms with Crippen LogP contribution >= 0.6 is 11.6 Å². The number of hydrogen-bond acceptors (Lipinski definition) is 1. The van der Waals surface area contributed by atoms with Crippen LogP contribution in [-0.4, -0.2) is 6.61 Å². The van der Waals surface area contributed by atoms with Crippen molar-refractivity contribution in [3.63, 3.8) is 0 Å². The number of benzene rings is 1. The highest BCUT2D eigenvalue weighted by Gasteiger charge is 2.31. The van der Waals surface area contributed by atoms with Crippen molar-refractivity contribution < 1.29 is 22.3 Å². The summed E-state index contributed by atoms with van der Waals surface area (Å²) >= 11 is 5.67. The van der Waals surface area contributed by atoms with E-state index in [9.17, 15) is 17.6 Å². The van der Waals surface area contributed by atoms with Gasteiger partial charge in [0.25, 0.3) is 0 Å². The van der Waals surface area contributed by atoms with Gasteiger partial charge < -0.3 is 4.74 Å². The Labute approximate surface area is 162 Å². The molecule has 2 fully saturated rings. The van der Waals surface area contributed by atoms with Crippen molar-refractivity contribution in [1.29, 1.82) is 0 Å². The van der Waals surface area contributed by atoms with E-state index in [1.165, 1.54) is 25.7 Å². The molecule has 2 saturated carbocycles. The molecule has 0 amide bonds. The van der Waals surface area contributed by atoms with Crippen LogP contribution in [0.2, 0.25) is 0 Å². The van der Waals surface area contributed by atoms with Crippen molar-refractivity contribution in [3.05, 3.63) is 40.9 Å². The van der Waals surface area contributed by atoms with E-state index >= 15 is 0 Å². The Morgan fingerprint density at radius 1 is 0.889 bits per heavy atom. The quantitative estimate of drug-likeness (QED) is 0.464.